The molecular formula is C6H7N3O2S2. The SMILES string of the molecule is Cc1csc2ncc(S(N)(=O)=O)n12. The van der Waals surface area contributed by atoms with Crippen molar-refractivity contribution < 1.29 is 8.42 Å². The Bertz CT molecular complexity index is 551. The molecule has 2 N–H and O–H groups in total. The van der Waals surface area contributed by atoms with Crippen LogP contribution in [0.1, 0.15) is 5.69 Å². The molecule has 0 aliphatic heterocycles. The molecule has 13 heavy (non-hydrogen) atoms. The van der Waals surface area contributed by atoms with Crippen molar-refractivity contribution in [1.82, 2.24) is 9.38 Å². The van der Waals surface area contributed by atoms with Crippen molar-refractivity contribution in [1.29, 1.82) is 0 Å². The lowest BCUT2D eigenvalue weighted by Crippen LogP contribution is -2.14. The van der Waals surface area contributed by atoms with Crippen LogP contribution in [-0.2, 0) is 10.0 Å². The summed E-state index contributed by atoms with van der Waals surface area (Å²) in [5.74, 6) is 0. The number of aromatic nitrogens is 2. The van der Waals surface area contributed by atoms with E-state index in [0.29, 0.717) is 4.96 Å². The van der Waals surface area contributed by atoms with Gasteiger partial charge >= 0.3 is 0 Å². The number of primary sulfonamides is 1. The Hall–Kier alpha value is -0.920. The quantitative estimate of drug-likeness (QED) is 0.748. The maximum absolute atomic E-state index is 11.1. The lowest BCUT2D eigenvalue weighted by molar-refractivity contribution is 0.592. The van der Waals surface area contributed by atoms with Crippen LogP contribution in [0.15, 0.2) is 16.6 Å². The molecule has 2 aromatic heterocycles. The molecule has 0 radical (unpaired) electrons. The van der Waals surface area contributed by atoms with Crippen LogP contribution in [0, 0.1) is 6.92 Å². The highest BCUT2D eigenvalue weighted by atomic mass is 32.2. The van der Waals surface area contributed by atoms with Gasteiger partial charge in [-0.15, -0.1) is 11.3 Å². The first-order valence-electron chi connectivity index (χ1n) is 3.44. The van der Waals surface area contributed by atoms with Gasteiger partial charge in [0, 0.05) is 11.1 Å². The summed E-state index contributed by atoms with van der Waals surface area (Å²) in [6.07, 6.45) is 1.27. The number of aryl methyl sites for hydroxylation is 1. The highest BCUT2D eigenvalue weighted by Gasteiger charge is 2.16. The molecule has 0 saturated heterocycles. The molecule has 2 rings (SSSR count). The molecule has 0 saturated carbocycles. The summed E-state index contributed by atoms with van der Waals surface area (Å²) in [5.41, 5.74) is 0.821. The van der Waals surface area contributed by atoms with E-state index in [1.807, 2.05) is 5.38 Å². The van der Waals surface area contributed by atoms with Gasteiger partial charge in [-0.05, 0) is 6.92 Å². The van der Waals surface area contributed by atoms with Gasteiger partial charge in [0.15, 0.2) is 9.99 Å². The standard InChI is InChI=1S/C6H7N3O2S2/c1-4-3-12-6-8-2-5(9(4)6)13(7,10)11/h2-3H,1H3,(H2,7,10,11). The Morgan fingerprint density at radius 2 is 2.31 bits per heavy atom. The zero-order chi connectivity index (χ0) is 9.64. The third kappa shape index (κ3) is 1.25. The zero-order valence-electron chi connectivity index (χ0n) is 6.76. The van der Waals surface area contributed by atoms with Crippen molar-refractivity contribution in [2.24, 2.45) is 5.14 Å². The molecule has 7 heteroatoms. The Morgan fingerprint density at radius 3 is 2.92 bits per heavy atom. The molecule has 0 aromatic carbocycles. The summed E-state index contributed by atoms with van der Waals surface area (Å²) < 4.78 is 23.7. The molecule has 0 atom stereocenters. The molecule has 0 unspecified atom stereocenters. The van der Waals surface area contributed by atoms with Crippen LogP contribution < -0.4 is 5.14 Å². The Kier molecular flexibility index (Phi) is 1.69. The minimum atomic E-state index is -3.67. The maximum Gasteiger partial charge on any atom is 0.255 e. The van der Waals surface area contributed by atoms with Gasteiger partial charge < -0.3 is 0 Å². The summed E-state index contributed by atoms with van der Waals surface area (Å²) in [5, 5.41) is 6.88. The van der Waals surface area contributed by atoms with E-state index in [2.05, 4.69) is 4.98 Å². The molecule has 0 aliphatic rings. The average Bonchev–Trinajstić information content (AvgIpc) is 2.51. The Labute approximate surface area is 78.9 Å². The molecule has 0 spiro atoms. The molecule has 0 bridgehead atoms. The van der Waals surface area contributed by atoms with E-state index in [1.165, 1.54) is 21.9 Å². The molecule has 2 heterocycles. The minimum Gasteiger partial charge on any atom is -0.277 e. The van der Waals surface area contributed by atoms with Gasteiger partial charge in [0.25, 0.3) is 10.0 Å². The van der Waals surface area contributed by atoms with Crippen LogP contribution in [0.3, 0.4) is 0 Å². The fourth-order valence-electron chi connectivity index (χ4n) is 1.12. The number of sulfonamides is 1. The average molecular weight is 217 g/mol. The first-order chi connectivity index (χ1) is 6.00. The molecule has 0 aliphatic carbocycles. The first kappa shape index (κ1) is 8.67. The summed E-state index contributed by atoms with van der Waals surface area (Å²) in [6, 6.07) is 0. The number of nitrogens with zero attached hydrogens (tertiary/aromatic N) is 2. The Balaban J connectivity index is 2.92. The second-order valence-electron chi connectivity index (χ2n) is 2.64. The number of thiazole rings is 1. The predicted octanol–water partition coefficient (Wildman–Crippen LogP) is 0.352. The van der Waals surface area contributed by atoms with E-state index in [1.54, 1.807) is 6.92 Å². The van der Waals surface area contributed by atoms with Crippen LogP contribution in [0.2, 0.25) is 0 Å². The van der Waals surface area contributed by atoms with E-state index in [0.717, 1.165) is 5.69 Å². The van der Waals surface area contributed by atoms with Gasteiger partial charge in [0.2, 0.25) is 0 Å². The number of rotatable bonds is 1. The fourth-order valence-corrected chi connectivity index (χ4v) is 2.70. The molecular weight excluding hydrogens is 210 g/mol. The normalized spacial score (nSPS) is 12.5. The first-order valence-corrected chi connectivity index (χ1v) is 5.87. The van der Waals surface area contributed by atoms with E-state index in [-0.39, 0.29) is 5.03 Å². The van der Waals surface area contributed by atoms with Gasteiger partial charge in [-0.2, -0.15) is 0 Å². The monoisotopic (exact) mass is 217 g/mol. The van der Waals surface area contributed by atoms with Crippen molar-refractivity contribution in [3.8, 4) is 0 Å². The topological polar surface area (TPSA) is 77.5 Å². The van der Waals surface area contributed by atoms with Crippen LogP contribution in [-0.4, -0.2) is 17.8 Å². The predicted molar refractivity (Wildman–Crippen MR) is 49.2 cm³/mol. The van der Waals surface area contributed by atoms with E-state index in [4.69, 9.17) is 5.14 Å². The third-order valence-corrected chi connectivity index (χ3v) is 3.50. The highest BCUT2D eigenvalue weighted by molar-refractivity contribution is 7.89. The second kappa shape index (κ2) is 2.53. The van der Waals surface area contributed by atoms with Crippen LogP contribution in [0.5, 0.6) is 0 Å². The lowest BCUT2D eigenvalue weighted by atomic mass is 10.6. The summed E-state index contributed by atoms with van der Waals surface area (Å²) in [4.78, 5) is 4.57. The molecule has 0 fully saturated rings. The molecule has 70 valence electrons. The van der Waals surface area contributed by atoms with Gasteiger partial charge in [0.1, 0.15) is 0 Å². The van der Waals surface area contributed by atoms with Crippen LogP contribution in [0.4, 0.5) is 0 Å². The largest absolute Gasteiger partial charge is 0.277 e. The lowest BCUT2D eigenvalue weighted by Gasteiger charge is -1.95. The number of fused-ring (bicyclic) bond motifs is 1. The number of nitrogens with two attached hydrogens (primary N) is 1. The van der Waals surface area contributed by atoms with Crippen molar-refractivity contribution in [2.75, 3.05) is 0 Å². The maximum atomic E-state index is 11.1. The second-order valence-corrected chi connectivity index (χ2v) is 4.98. The van der Waals surface area contributed by atoms with Gasteiger partial charge in [-0.1, -0.05) is 0 Å². The Morgan fingerprint density at radius 1 is 1.62 bits per heavy atom. The van der Waals surface area contributed by atoms with Crippen molar-refractivity contribution in [3.05, 3.63) is 17.3 Å². The van der Waals surface area contributed by atoms with Crippen LogP contribution in [0.25, 0.3) is 4.96 Å². The summed E-state index contributed by atoms with van der Waals surface area (Å²) in [6.45, 7) is 1.81. The van der Waals surface area contributed by atoms with E-state index in [9.17, 15) is 8.42 Å². The van der Waals surface area contributed by atoms with Crippen molar-refractivity contribution >= 4 is 26.3 Å². The van der Waals surface area contributed by atoms with E-state index >= 15 is 0 Å². The molecule has 2 aromatic rings. The van der Waals surface area contributed by atoms with Crippen molar-refractivity contribution in [3.63, 3.8) is 0 Å². The molecule has 0 amide bonds. The fraction of sp³-hybridized carbons (Fsp3) is 0.167. The number of hydrogen-bond acceptors (Lipinski definition) is 4. The number of imidazole rings is 1. The van der Waals surface area contributed by atoms with Gasteiger partial charge in [0.05, 0.1) is 6.20 Å². The van der Waals surface area contributed by atoms with Gasteiger partial charge in [-0.3, -0.25) is 4.40 Å². The van der Waals surface area contributed by atoms with E-state index < -0.39 is 10.0 Å². The molecule has 5 nitrogen and oxygen atoms in total. The minimum absolute atomic E-state index is 0.0428. The van der Waals surface area contributed by atoms with Crippen molar-refractivity contribution in [2.45, 2.75) is 11.9 Å². The zero-order valence-corrected chi connectivity index (χ0v) is 8.39. The smallest absolute Gasteiger partial charge is 0.255 e. The summed E-state index contributed by atoms with van der Waals surface area (Å²) >= 11 is 1.38. The summed E-state index contributed by atoms with van der Waals surface area (Å²) in [7, 11) is -3.67. The van der Waals surface area contributed by atoms with Gasteiger partial charge in [-0.25, -0.2) is 18.5 Å². The third-order valence-electron chi connectivity index (χ3n) is 1.68. The highest BCUT2D eigenvalue weighted by Crippen LogP contribution is 2.19. The number of hydrogen-bond donors (Lipinski definition) is 1. The van der Waals surface area contributed by atoms with Crippen LogP contribution >= 0.6 is 11.3 Å².